The van der Waals surface area contributed by atoms with Gasteiger partial charge in [0.2, 0.25) is 23.6 Å². The lowest BCUT2D eigenvalue weighted by molar-refractivity contribution is -0.403. The number of amides is 4. The van der Waals surface area contributed by atoms with Gasteiger partial charge in [-0.05, 0) is 44.9 Å². The molecular weight excluding hydrogens is 1850 g/mol. The molecule has 7 heterocycles. The maximum absolute atomic E-state index is 14.0. The number of aliphatic hydroxyl groups is 21. The summed E-state index contributed by atoms with van der Waals surface area (Å²) in [7, 11) is 0. The fourth-order valence-corrected chi connectivity index (χ4v) is 18.8. The molecule has 0 saturated carbocycles. The number of hydrogen-bond acceptors (Lipinski definition) is 40. The van der Waals surface area contributed by atoms with Gasteiger partial charge in [0.25, 0.3) is 5.79 Å². The highest BCUT2D eigenvalue weighted by Gasteiger charge is 2.64. The lowest BCUT2D eigenvalue weighted by atomic mass is 9.88. The van der Waals surface area contributed by atoms with Gasteiger partial charge in [0.05, 0.1) is 77.1 Å². The van der Waals surface area contributed by atoms with E-state index in [1.54, 1.807) is 6.08 Å². The lowest BCUT2D eigenvalue weighted by Gasteiger charge is -2.53. The molecule has 0 spiro atoms. The number of unbranched alkanes of at least 4 members (excludes halogenated alkanes) is 30. The Kier molecular flexibility index (Phi) is 56.5. The quantitative estimate of drug-likeness (QED) is 0.0224. The van der Waals surface area contributed by atoms with Crippen LogP contribution in [0.5, 0.6) is 0 Å². The zero-order valence-corrected chi connectivity index (χ0v) is 81.7. The van der Waals surface area contributed by atoms with Crippen molar-refractivity contribution in [1.29, 1.82) is 0 Å². The maximum atomic E-state index is 14.0. The van der Waals surface area contributed by atoms with Gasteiger partial charge >= 0.3 is 5.97 Å². The molecule has 26 N–H and O–H groups in total. The van der Waals surface area contributed by atoms with Crippen LogP contribution in [0.3, 0.4) is 0 Å². The Bertz CT molecular complexity index is 3500. The van der Waals surface area contributed by atoms with Crippen LogP contribution in [0.4, 0.5) is 0 Å². The van der Waals surface area contributed by atoms with Gasteiger partial charge in [0.1, 0.15) is 165 Å². The average Bonchev–Trinajstić information content (AvgIpc) is 0.741. The minimum Gasteiger partial charge on any atom is -0.477 e. The van der Waals surface area contributed by atoms with Crippen LogP contribution >= 0.6 is 0 Å². The number of aliphatic carboxylic acids is 1. The molecule has 140 heavy (non-hydrogen) atoms. The van der Waals surface area contributed by atoms with Gasteiger partial charge in [-0.15, -0.1) is 0 Å². The third-order valence-electron chi connectivity index (χ3n) is 26.9. The van der Waals surface area contributed by atoms with Crippen LogP contribution in [-0.2, 0) is 90.3 Å². The van der Waals surface area contributed by atoms with Crippen molar-refractivity contribution < 1.29 is 203 Å². The summed E-state index contributed by atoms with van der Waals surface area (Å²) in [6, 6.07) is -7.03. The lowest BCUT2D eigenvalue weighted by Crippen LogP contribution is -2.73. The van der Waals surface area contributed by atoms with Crippen molar-refractivity contribution in [2.24, 2.45) is 0 Å². The Balaban J connectivity index is 1.05. The van der Waals surface area contributed by atoms with E-state index in [0.717, 1.165) is 85.0 Å². The van der Waals surface area contributed by atoms with Crippen molar-refractivity contribution in [2.75, 3.05) is 52.9 Å². The second-order valence-corrected chi connectivity index (χ2v) is 38.1. The normalized spacial score (nSPS) is 35.9. The smallest absolute Gasteiger partial charge is 0.364 e. The molecule has 0 aromatic heterocycles. The van der Waals surface area contributed by atoms with Gasteiger partial charge in [0.15, 0.2) is 37.7 Å². The highest BCUT2D eigenvalue weighted by molar-refractivity contribution is 5.77. The third-order valence-corrected chi connectivity index (χ3v) is 26.9. The van der Waals surface area contributed by atoms with E-state index in [1.807, 2.05) is 6.08 Å². The minimum absolute atomic E-state index is 0.139. The molecule has 0 bridgehead atoms. The van der Waals surface area contributed by atoms with Crippen LogP contribution in [0.1, 0.15) is 259 Å². The summed E-state index contributed by atoms with van der Waals surface area (Å²) in [5, 5.41) is 259. The van der Waals surface area contributed by atoms with Crippen molar-refractivity contribution in [3.05, 3.63) is 24.3 Å². The van der Waals surface area contributed by atoms with Gasteiger partial charge in [-0.25, -0.2) is 4.79 Å². The molecule has 0 radical (unpaired) electrons. The van der Waals surface area contributed by atoms with E-state index in [4.69, 9.17) is 66.3 Å². The first-order valence-electron chi connectivity index (χ1n) is 50.8. The van der Waals surface area contributed by atoms with Crippen LogP contribution < -0.4 is 21.3 Å². The summed E-state index contributed by atoms with van der Waals surface area (Å²) < 4.78 is 84.7. The SMILES string of the molecule is CCCCCCCC/C=C\CCCCCCCCCCCCCCCC(=O)N[C@@H](CO[C@@H]1OC(CO)[C@@H](O[C@@H]2OC(CO)[C@H](O[C@@H]3OC(CO)[C@H](O)[C@H](O[C@@H]4OC(CO)[C@H](O[C@@H]5OC(CO)[C@H](O)[C@H](O[C@@H]6OC(CO)[C@H](O)[C@H](O)C6O)C5NC(C)=O)[C@H](O[C@]5(C(=O)O)CC(O)[C@@H](NC(C)=O)C([C@H](O)[C@H](O)CO)O5)C4O)C3NC(C)=O)[C@H](O)C2O)[C@H](O)C1O)[C@H](O)/C=C/CCCCCCCCCCCCC. The van der Waals surface area contributed by atoms with Gasteiger partial charge in [-0.2, -0.15) is 0 Å². The number of aliphatic hydroxyl groups excluding tert-OH is 21. The molecule has 4 amide bonds. The molecule has 0 aliphatic carbocycles. The second kappa shape index (κ2) is 64.6. The summed E-state index contributed by atoms with van der Waals surface area (Å²) >= 11 is 0. The molecule has 45 nitrogen and oxygen atoms in total. The van der Waals surface area contributed by atoms with Gasteiger partial charge in [0, 0.05) is 33.6 Å². The number of carboxylic acids is 1. The summed E-state index contributed by atoms with van der Waals surface area (Å²) in [5.41, 5.74) is 0. The van der Waals surface area contributed by atoms with E-state index in [-0.39, 0.29) is 12.3 Å². The number of carbonyl (C=O) groups is 5. The second-order valence-electron chi connectivity index (χ2n) is 38.1. The number of carboxylic acid groups (broad SMARTS) is 1. The zero-order chi connectivity index (χ0) is 103. The van der Waals surface area contributed by atoms with Crippen molar-refractivity contribution in [1.82, 2.24) is 21.3 Å². The molecule has 7 aliphatic rings. The Labute approximate surface area is 819 Å². The third kappa shape index (κ3) is 37.0. The molecule has 7 rings (SSSR count). The molecule has 7 fully saturated rings. The van der Waals surface area contributed by atoms with Crippen molar-refractivity contribution in [2.45, 2.75) is 492 Å². The van der Waals surface area contributed by atoms with E-state index in [0.29, 0.717) is 12.8 Å². The molecule has 7 aliphatic heterocycles. The predicted molar refractivity (Wildman–Crippen MR) is 492 cm³/mol. The minimum atomic E-state index is -3.51. The summed E-state index contributed by atoms with van der Waals surface area (Å²) in [5.74, 6) is -9.06. The van der Waals surface area contributed by atoms with Crippen molar-refractivity contribution in [3.63, 3.8) is 0 Å². The van der Waals surface area contributed by atoms with Crippen LogP contribution in [0.15, 0.2) is 24.3 Å². The van der Waals surface area contributed by atoms with E-state index in [9.17, 15) is 136 Å². The van der Waals surface area contributed by atoms with Gasteiger partial charge < -0.3 is 200 Å². The first-order chi connectivity index (χ1) is 67.1. The molecule has 38 atom stereocenters. The number of allylic oxidation sites excluding steroid dienone is 3. The Morgan fingerprint density at radius 2 is 0.714 bits per heavy atom. The highest BCUT2D eigenvalue weighted by atomic mass is 16.8. The number of rotatable bonds is 66. The van der Waals surface area contributed by atoms with Gasteiger partial charge in [-0.3, -0.25) is 19.2 Å². The Morgan fingerprint density at radius 3 is 1.14 bits per heavy atom. The van der Waals surface area contributed by atoms with Crippen LogP contribution in [0, 0.1) is 0 Å². The predicted octanol–water partition coefficient (Wildman–Crippen LogP) is -2.35. The molecule has 7 saturated heterocycles. The maximum Gasteiger partial charge on any atom is 0.364 e. The first-order valence-corrected chi connectivity index (χ1v) is 50.8. The van der Waals surface area contributed by atoms with Crippen molar-refractivity contribution >= 4 is 29.6 Å². The summed E-state index contributed by atoms with van der Waals surface area (Å²) in [4.78, 5) is 67.0. The van der Waals surface area contributed by atoms with E-state index >= 15 is 0 Å². The van der Waals surface area contributed by atoms with E-state index < -0.39 is 315 Å². The van der Waals surface area contributed by atoms with Crippen LogP contribution in [-0.4, -0.2) is 427 Å². The number of hydrogen-bond donors (Lipinski definition) is 26. The van der Waals surface area contributed by atoms with Crippen LogP contribution in [0.25, 0.3) is 0 Å². The first kappa shape index (κ1) is 122. The topological polar surface area (TPSA) is 708 Å². The molecule has 14 unspecified atom stereocenters. The summed E-state index contributed by atoms with van der Waals surface area (Å²) in [6.07, 6.45) is -25.6. The molecule has 45 heteroatoms. The molecular formula is C95H168N4O41. The molecule has 814 valence electrons. The fraction of sp³-hybridized carbons (Fsp3) is 0.905. The highest BCUT2D eigenvalue weighted by Crippen LogP contribution is 2.43. The molecule has 0 aromatic rings. The fourth-order valence-electron chi connectivity index (χ4n) is 18.8. The standard InChI is InChI=1S/C95H168N4O41/c1-6-8-10-12-14-16-18-20-21-22-23-24-25-26-27-28-29-31-33-35-37-39-41-43-66(113)99-56(57(110)42-40-38-36-34-32-30-19-17-15-13-11-9-7-2)52-127-90-78(122)75(119)82(63(49-104)131-90)135-92-79(123)76(120)81(64(50-105)132-92)134-88-68(97-54(4)108)85(73(117)61(47-102)128-88)138-93-80(124)87(140-95(94(125)126)44-58(111)67(96-53(3)107)86(139-95)70(114)59(112)45-100)83(65(51-106)133-93)136-89-69(98-55(5)109)84(72(116)62(48-103)129-89)137-91-77(121)74(118)71(115)60(46-101)130-91/h20-21,40,42,56-65,67-93,100-106,110-112,114-124H,6-19,22-39,41,43-52H2,1-5H3,(H,96,107)(H,97,108)(H,98,109)(H,99,113)(H,125,126)/b21-20-,42-40+/t56-,57+,58?,59+,60?,61?,62?,63?,64?,65?,67+,68?,69?,70+,71-,72-,73-,74-,75+,76+,77?,78?,79?,80?,81-,82+,83-,84+,85+,86?,87+,88-,89-,90+,91-,92-,93-,95-/m0/s1. The Hall–Kier alpha value is -4.57. The van der Waals surface area contributed by atoms with Gasteiger partial charge in [-0.1, -0.05) is 205 Å². The monoisotopic (exact) mass is 2020 g/mol. The number of nitrogens with one attached hydrogen (secondary N) is 4. The van der Waals surface area contributed by atoms with E-state index in [1.165, 1.54) is 135 Å². The zero-order valence-electron chi connectivity index (χ0n) is 81.7. The molecule has 0 aromatic carbocycles. The van der Waals surface area contributed by atoms with E-state index in [2.05, 4.69) is 47.3 Å². The summed E-state index contributed by atoms with van der Waals surface area (Å²) in [6.45, 7) is -1.43. The largest absolute Gasteiger partial charge is 0.477 e. The average molecular weight is 2020 g/mol. The Morgan fingerprint density at radius 1 is 0.371 bits per heavy atom. The van der Waals surface area contributed by atoms with Crippen LogP contribution in [0.2, 0.25) is 0 Å². The number of carbonyl (C=O) groups excluding carboxylic acids is 4. The number of ether oxygens (including phenoxy) is 14. The van der Waals surface area contributed by atoms with Crippen molar-refractivity contribution in [3.8, 4) is 0 Å².